The molecular formula is C22H20FN6OS+. The molecule has 0 spiro atoms. The molecule has 0 fully saturated rings. The van der Waals surface area contributed by atoms with E-state index >= 15 is 0 Å². The highest BCUT2D eigenvalue weighted by Gasteiger charge is 2.23. The Balaban J connectivity index is 1.68. The maximum absolute atomic E-state index is 14.4. The Morgan fingerprint density at radius 2 is 2.03 bits per heavy atom. The van der Waals surface area contributed by atoms with Gasteiger partial charge in [-0.25, -0.2) is 9.37 Å². The molecule has 31 heavy (non-hydrogen) atoms. The number of aromatic nitrogens is 3. The summed E-state index contributed by atoms with van der Waals surface area (Å²) in [5.41, 5.74) is 10.6. The largest absolute Gasteiger partial charge is 0.355 e. The van der Waals surface area contributed by atoms with Crippen LogP contribution in [-0.2, 0) is 0 Å². The SMILES string of the molecule is CNC(=O)c1ccc(-c2ccc(N)[n+](C(=N)C(C)c3ccc4ncsc4c3)n2)cc1F. The Kier molecular flexibility index (Phi) is 5.43. The van der Waals surface area contributed by atoms with Gasteiger partial charge in [-0.05, 0) is 42.8 Å². The molecular weight excluding hydrogens is 415 g/mol. The number of carbonyl (C=O) groups is 1. The minimum atomic E-state index is -0.650. The molecule has 1 atom stereocenters. The maximum atomic E-state index is 14.4. The van der Waals surface area contributed by atoms with E-state index in [0.29, 0.717) is 17.1 Å². The van der Waals surface area contributed by atoms with Crippen LogP contribution < -0.4 is 15.7 Å². The molecule has 0 aliphatic rings. The van der Waals surface area contributed by atoms with Crippen molar-refractivity contribution in [1.29, 1.82) is 5.41 Å². The fourth-order valence-electron chi connectivity index (χ4n) is 3.26. The summed E-state index contributed by atoms with van der Waals surface area (Å²) < 4.78 is 16.8. The molecule has 1 unspecified atom stereocenters. The standard InChI is InChI=1S/C22H19FN6OS/c1-12(13-4-6-18-19(10-13)31-11-27-18)21(25)29-20(24)8-7-17(28-29)14-3-5-15(16(23)9-14)22(30)26-2/h3-12,24-25H,1-2H3,(H,26,30)/p+1. The van der Waals surface area contributed by atoms with Gasteiger partial charge in [-0.3, -0.25) is 4.79 Å². The lowest BCUT2D eigenvalue weighted by atomic mass is 10.00. The Bertz CT molecular complexity index is 1320. The Labute approximate surface area is 181 Å². The molecule has 4 rings (SSSR count). The van der Waals surface area contributed by atoms with Crippen molar-refractivity contribution in [3.05, 3.63) is 71.0 Å². The molecule has 2 heterocycles. The quantitative estimate of drug-likeness (QED) is 0.259. The zero-order chi connectivity index (χ0) is 22.1. The van der Waals surface area contributed by atoms with Crippen LogP contribution in [0.2, 0.25) is 0 Å². The van der Waals surface area contributed by atoms with Gasteiger partial charge in [0.2, 0.25) is 5.82 Å². The van der Waals surface area contributed by atoms with Crippen LogP contribution in [0.15, 0.2) is 54.0 Å². The summed E-state index contributed by atoms with van der Waals surface area (Å²) in [7, 11) is 1.44. The van der Waals surface area contributed by atoms with Gasteiger partial charge in [0.05, 0.1) is 27.2 Å². The van der Waals surface area contributed by atoms with E-state index in [4.69, 9.17) is 11.1 Å². The zero-order valence-corrected chi connectivity index (χ0v) is 17.7. The van der Waals surface area contributed by atoms with Crippen molar-refractivity contribution < 1.29 is 13.9 Å². The third-order valence-corrected chi connectivity index (χ3v) is 5.89. The Morgan fingerprint density at radius 1 is 1.23 bits per heavy atom. The lowest BCUT2D eigenvalue weighted by Crippen LogP contribution is -2.50. The first kappa shape index (κ1) is 20.5. The maximum Gasteiger partial charge on any atom is 0.261 e. The molecule has 7 nitrogen and oxygen atoms in total. The molecule has 156 valence electrons. The first-order valence-corrected chi connectivity index (χ1v) is 10.4. The van der Waals surface area contributed by atoms with Gasteiger partial charge in [0.1, 0.15) is 11.5 Å². The lowest BCUT2D eigenvalue weighted by Gasteiger charge is -2.12. The number of nitrogens with two attached hydrogens (primary N) is 1. The fraction of sp³-hybridized carbons (Fsp3) is 0.136. The van der Waals surface area contributed by atoms with Crippen molar-refractivity contribution in [3.63, 3.8) is 0 Å². The number of nitrogen functional groups attached to an aromatic ring is 1. The first-order valence-electron chi connectivity index (χ1n) is 9.52. The molecule has 1 amide bonds. The van der Waals surface area contributed by atoms with Crippen molar-refractivity contribution in [1.82, 2.24) is 15.4 Å². The van der Waals surface area contributed by atoms with Gasteiger partial charge < -0.3 is 11.1 Å². The Hall–Kier alpha value is -3.72. The van der Waals surface area contributed by atoms with E-state index in [2.05, 4.69) is 15.4 Å². The molecule has 0 saturated heterocycles. The van der Waals surface area contributed by atoms with Crippen LogP contribution >= 0.6 is 11.3 Å². The number of nitrogens with zero attached hydrogens (tertiary/aromatic N) is 3. The van der Waals surface area contributed by atoms with Crippen LogP contribution in [0.5, 0.6) is 0 Å². The number of hydrogen-bond acceptors (Lipinski definition) is 6. The van der Waals surface area contributed by atoms with Crippen LogP contribution in [0.3, 0.4) is 0 Å². The number of anilines is 1. The summed E-state index contributed by atoms with van der Waals surface area (Å²) in [5.74, 6) is -0.956. The van der Waals surface area contributed by atoms with E-state index < -0.39 is 11.7 Å². The number of benzene rings is 2. The minimum absolute atomic E-state index is 0.0469. The summed E-state index contributed by atoms with van der Waals surface area (Å²) in [6.45, 7) is 1.91. The molecule has 0 aliphatic carbocycles. The minimum Gasteiger partial charge on any atom is -0.355 e. The topological polar surface area (TPSA) is 109 Å². The monoisotopic (exact) mass is 435 g/mol. The van der Waals surface area contributed by atoms with Gasteiger partial charge in [-0.15, -0.1) is 21.1 Å². The second kappa shape index (κ2) is 8.19. The van der Waals surface area contributed by atoms with Gasteiger partial charge >= 0.3 is 0 Å². The molecule has 4 N–H and O–H groups in total. The predicted octanol–water partition coefficient (Wildman–Crippen LogP) is 3.36. The third-order valence-electron chi connectivity index (χ3n) is 5.09. The average Bonchev–Trinajstić information content (AvgIpc) is 3.25. The molecule has 4 aromatic rings. The average molecular weight is 436 g/mol. The Morgan fingerprint density at radius 3 is 2.77 bits per heavy atom. The second-order valence-corrected chi connectivity index (χ2v) is 7.90. The fourth-order valence-corrected chi connectivity index (χ4v) is 3.98. The zero-order valence-electron chi connectivity index (χ0n) is 16.9. The van der Waals surface area contributed by atoms with Gasteiger partial charge in [0.15, 0.2) is 0 Å². The molecule has 0 aliphatic heterocycles. The van der Waals surface area contributed by atoms with Gasteiger partial charge in [-0.1, -0.05) is 12.1 Å². The van der Waals surface area contributed by atoms with Crippen molar-refractivity contribution in [2.75, 3.05) is 12.8 Å². The number of hydrogen-bond donors (Lipinski definition) is 3. The summed E-state index contributed by atoms with van der Waals surface area (Å²) >= 11 is 1.54. The lowest BCUT2D eigenvalue weighted by molar-refractivity contribution is -0.609. The normalized spacial score (nSPS) is 12.0. The van der Waals surface area contributed by atoms with Crippen LogP contribution in [0.25, 0.3) is 21.5 Å². The van der Waals surface area contributed by atoms with Crippen LogP contribution in [0.1, 0.15) is 28.8 Å². The number of thiazole rings is 1. The number of fused-ring (bicyclic) bond motifs is 1. The van der Waals surface area contributed by atoms with E-state index in [1.807, 2.05) is 25.1 Å². The van der Waals surface area contributed by atoms with Crippen molar-refractivity contribution >= 4 is 39.1 Å². The number of carbonyl (C=O) groups excluding carboxylic acids is 1. The molecule has 0 bridgehead atoms. The van der Waals surface area contributed by atoms with Gasteiger partial charge in [0.25, 0.3) is 11.7 Å². The van der Waals surface area contributed by atoms with E-state index in [9.17, 15) is 9.18 Å². The van der Waals surface area contributed by atoms with Crippen molar-refractivity contribution in [2.45, 2.75) is 12.8 Å². The summed E-state index contributed by atoms with van der Waals surface area (Å²) in [6.07, 6.45) is 0. The van der Waals surface area contributed by atoms with Crippen LogP contribution in [0.4, 0.5) is 10.2 Å². The van der Waals surface area contributed by atoms with E-state index in [1.165, 1.54) is 23.9 Å². The molecule has 9 heteroatoms. The van der Waals surface area contributed by atoms with E-state index in [0.717, 1.165) is 15.8 Å². The molecule has 0 radical (unpaired) electrons. The van der Waals surface area contributed by atoms with Crippen molar-refractivity contribution in [3.8, 4) is 11.3 Å². The number of halogens is 1. The van der Waals surface area contributed by atoms with Crippen molar-refractivity contribution in [2.24, 2.45) is 0 Å². The summed E-state index contributed by atoms with van der Waals surface area (Å²) in [4.78, 5) is 16.0. The highest BCUT2D eigenvalue weighted by atomic mass is 32.1. The van der Waals surface area contributed by atoms with E-state index in [-0.39, 0.29) is 17.3 Å². The molecule has 0 saturated carbocycles. The second-order valence-electron chi connectivity index (χ2n) is 7.02. The number of amides is 1. The van der Waals surface area contributed by atoms with Gasteiger partial charge in [-0.2, -0.15) is 5.41 Å². The van der Waals surface area contributed by atoms with Gasteiger partial charge in [0, 0.05) is 18.7 Å². The van der Waals surface area contributed by atoms with E-state index in [1.54, 1.807) is 35.0 Å². The molecule has 2 aromatic heterocycles. The summed E-state index contributed by atoms with van der Waals surface area (Å²) in [5, 5.41) is 15.6. The van der Waals surface area contributed by atoms with Crippen LogP contribution in [0, 0.1) is 11.2 Å². The summed E-state index contributed by atoms with van der Waals surface area (Å²) in [6, 6.07) is 13.4. The van der Waals surface area contributed by atoms with Crippen LogP contribution in [-0.4, -0.2) is 28.9 Å². The smallest absolute Gasteiger partial charge is 0.261 e. The highest BCUT2D eigenvalue weighted by molar-refractivity contribution is 7.16. The molecule has 2 aromatic carbocycles. The first-order chi connectivity index (χ1) is 14.9. The number of nitrogens with one attached hydrogen (secondary N) is 2. The highest BCUT2D eigenvalue weighted by Crippen LogP contribution is 2.25. The third kappa shape index (κ3) is 3.87. The number of rotatable bonds is 4. The predicted molar refractivity (Wildman–Crippen MR) is 119 cm³/mol.